The van der Waals surface area contributed by atoms with E-state index in [1.807, 2.05) is 0 Å². The van der Waals surface area contributed by atoms with Crippen LogP contribution in [0.1, 0.15) is 18.5 Å². The molecule has 1 saturated heterocycles. The zero-order valence-corrected chi connectivity index (χ0v) is 9.19. The Labute approximate surface area is 91.6 Å². The van der Waals surface area contributed by atoms with Gasteiger partial charge >= 0.3 is 0 Å². The summed E-state index contributed by atoms with van der Waals surface area (Å²) in [5.41, 5.74) is 1.39. The second-order valence-corrected chi connectivity index (χ2v) is 3.85. The molecule has 0 saturated carbocycles. The van der Waals surface area contributed by atoms with Gasteiger partial charge in [-0.05, 0) is 18.7 Å². The van der Waals surface area contributed by atoms with E-state index in [0.717, 1.165) is 19.6 Å². The maximum Gasteiger partial charge on any atom is 0.0661 e. The highest BCUT2D eigenvalue weighted by molar-refractivity contribution is 5.20. The zero-order chi connectivity index (χ0) is 10.5. The average molecular weight is 202 g/mol. The first kappa shape index (κ1) is 10.2. The van der Waals surface area contributed by atoms with Crippen molar-refractivity contribution < 1.29 is 0 Å². The monoisotopic (exact) mass is 202 g/mol. The van der Waals surface area contributed by atoms with E-state index in [1.165, 1.54) is 5.56 Å². The Morgan fingerprint density at radius 1 is 1.33 bits per heavy atom. The van der Waals surface area contributed by atoms with Gasteiger partial charge in [-0.3, -0.25) is 0 Å². The van der Waals surface area contributed by atoms with Gasteiger partial charge in [-0.15, -0.1) is 0 Å². The van der Waals surface area contributed by atoms with Crippen LogP contribution in [0.4, 0.5) is 0 Å². The van der Waals surface area contributed by atoms with E-state index in [0.29, 0.717) is 6.04 Å². The van der Waals surface area contributed by atoms with Gasteiger partial charge in [-0.2, -0.15) is 0 Å². The first-order valence-electron chi connectivity index (χ1n) is 5.56. The van der Waals surface area contributed by atoms with Gasteiger partial charge in [0.05, 0.1) is 6.04 Å². The highest BCUT2D eigenvalue weighted by Crippen LogP contribution is 2.21. The molecule has 80 valence electrons. The van der Waals surface area contributed by atoms with Crippen LogP contribution in [0.3, 0.4) is 0 Å². The zero-order valence-electron chi connectivity index (χ0n) is 9.19. The molecule has 1 aromatic rings. The van der Waals surface area contributed by atoms with E-state index in [1.54, 1.807) is 0 Å². The van der Waals surface area contributed by atoms with Crippen LogP contribution in [-0.4, -0.2) is 24.5 Å². The lowest BCUT2D eigenvalue weighted by molar-refractivity contribution is 0.231. The molecule has 1 unspecified atom stereocenters. The molecule has 1 heterocycles. The van der Waals surface area contributed by atoms with Crippen molar-refractivity contribution in [3.8, 4) is 0 Å². The summed E-state index contributed by atoms with van der Waals surface area (Å²) in [5.74, 6) is 0. The third-order valence-corrected chi connectivity index (χ3v) is 2.81. The van der Waals surface area contributed by atoms with Crippen LogP contribution in [0.2, 0.25) is 0 Å². The summed E-state index contributed by atoms with van der Waals surface area (Å²) < 4.78 is 0. The predicted molar refractivity (Wildman–Crippen MR) is 63.6 cm³/mol. The number of nitrogens with zero attached hydrogens (tertiary/aromatic N) is 1. The molecule has 0 bridgehead atoms. The highest BCUT2D eigenvalue weighted by Gasteiger charge is 2.20. The molecule has 1 atom stereocenters. The third-order valence-electron chi connectivity index (χ3n) is 2.81. The van der Waals surface area contributed by atoms with Crippen LogP contribution in [0.15, 0.2) is 42.6 Å². The predicted octanol–water partition coefficient (Wildman–Crippen LogP) is 2.17. The summed E-state index contributed by atoms with van der Waals surface area (Å²) >= 11 is 0. The smallest absolute Gasteiger partial charge is 0.0661 e. The standard InChI is InChI=1S/C13H18N2/c1-2-9-15-10-8-14-11-13(15)12-6-4-3-5-7-12/h2-7,9,13-14H,8,10-11H2,1H3. The second kappa shape index (κ2) is 4.99. The number of rotatable bonds is 2. The number of benzene rings is 1. The molecule has 1 N–H and O–H groups in total. The van der Waals surface area contributed by atoms with Crippen molar-refractivity contribution in [3.05, 3.63) is 48.2 Å². The van der Waals surface area contributed by atoms with E-state index in [9.17, 15) is 0 Å². The molecule has 2 nitrogen and oxygen atoms in total. The number of allylic oxidation sites excluding steroid dienone is 1. The maximum atomic E-state index is 3.45. The molecule has 2 heteroatoms. The molecule has 15 heavy (non-hydrogen) atoms. The van der Waals surface area contributed by atoms with Gasteiger partial charge in [0.2, 0.25) is 0 Å². The van der Waals surface area contributed by atoms with Crippen LogP contribution in [0.25, 0.3) is 0 Å². The van der Waals surface area contributed by atoms with Crippen molar-refractivity contribution in [2.24, 2.45) is 0 Å². The van der Waals surface area contributed by atoms with Crippen molar-refractivity contribution >= 4 is 0 Å². The minimum Gasteiger partial charge on any atom is -0.368 e. The summed E-state index contributed by atoms with van der Waals surface area (Å²) in [7, 11) is 0. The Hall–Kier alpha value is -1.28. The van der Waals surface area contributed by atoms with E-state index in [2.05, 4.69) is 59.7 Å². The summed E-state index contributed by atoms with van der Waals surface area (Å²) in [4.78, 5) is 2.41. The van der Waals surface area contributed by atoms with E-state index >= 15 is 0 Å². The van der Waals surface area contributed by atoms with Crippen molar-refractivity contribution in [3.63, 3.8) is 0 Å². The summed E-state index contributed by atoms with van der Waals surface area (Å²) in [6, 6.07) is 11.2. The van der Waals surface area contributed by atoms with Crippen LogP contribution in [-0.2, 0) is 0 Å². The molecule has 0 amide bonds. The van der Waals surface area contributed by atoms with Gasteiger partial charge in [0.15, 0.2) is 0 Å². The lowest BCUT2D eigenvalue weighted by Gasteiger charge is -2.35. The summed E-state index contributed by atoms with van der Waals surface area (Å²) in [6.45, 7) is 5.27. The lowest BCUT2D eigenvalue weighted by atomic mass is 10.0. The van der Waals surface area contributed by atoms with E-state index in [4.69, 9.17) is 0 Å². The first-order valence-corrected chi connectivity index (χ1v) is 5.56. The van der Waals surface area contributed by atoms with Crippen LogP contribution >= 0.6 is 0 Å². The van der Waals surface area contributed by atoms with Gasteiger partial charge in [0, 0.05) is 19.6 Å². The number of piperazine rings is 1. The minimum absolute atomic E-state index is 0.483. The Balaban J connectivity index is 2.18. The molecular weight excluding hydrogens is 184 g/mol. The molecule has 2 rings (SSSR count). The van der Waals surface area contributed by atoms with Crippen molar-refractivity contribution in [1.29, 1.82) is 0 Å². The molecule has 0 spiro atoms. The molecule has 1 aliphatic heterocycles. The molecule has 1 fully saturated rings. The molecule has 1 aliphatic rings. The van der Waals surface area contributed by atoms with Crippen LogP contribution < -0.4 is 5.32 Å². The van der Waals surface area contributed by atoms with E-state index < -0.39 is 0 Å². The second-order valence-electron chi connectivity index (χ2n) is 3.85. The van der Waals surface area contributed by atoms with Gasteiger partial charge in [0.1, 0.15) is 0 Å². The Bertz CT molecular complexity index is 319. The van der Waals surface area contributed by atoms with E-state index in [-0.39, 0.29) is 0 Å². The molecule has 1 aromatic carbocycles. The normalized spacial score (nSPS) is 22.2. The quantitative estimate of drug-likeness (QED) is 0.790. The molecule has 0 radical (unpaired) electrons. The van der Waals surface area contributed by atoms with Gasteiger partial charge in [0.25, 0.3) is 0 Å². The topological polar surface area (TPSA) is 15.3 Å². The third kappa shape index (κ3) is 2.39. The van der Waals surface area contributed by atoms with Crippen LogP contribution in [0, 0.1) is 0 Å². The summed E-state index contributed by atoms with van der Waals surface area (Å²) in [6.07, 6.45) is 4.31. The Morgan fingerprint density at radius 3 is 2.87 bits per heavy atom. The highest BCUT2D eigenvalue weighted by atomic mass is 15.2. The van der Waals surface area contributed by atoms with Crippen LogP contribution in [0.5, 0.6) is 0 Å². The van der Waals surface area contributed by atoms with Crippen molar-refractivity contribution in [2.75, 3.05) is 19.6 Å². The maximum absolute atomic E-state index is 3.45. The van der Waals surface area contributed by atoms with Gasteiger partial charge in [-0.25, -0.2) is 0 Å². The SMILES string of the molecule is CC=CN1CCNCC1c1ccccc1. The van der Waals surface area contributed by atoms with Gasteiger partial charge < -0.3 is 10.2 Å². The summed E-state index contributed by atoms with van der Waals surface area (Å²) in [5, 5.41) is 3.45. The lowest BCUT2D eigenvalue weighted by Crippen LogP contribution is -2.43. The number of nitrogens with one attached hydrogen (secondary N) is 1. The Kier molecular flexibility index (Phi) is 3.41. The minimum atomic E-state index is 0.483. The number of hydrogen-bond acceptors (Lipinski definition) is 2. The molecular formula is C13H18N2. The van der Waals surface area contributed by atoms with Gasteiger partial charge in [-0.1, -0.05) is 36.4 Å². The fourth-order valence-corrected chi connectivity index (χ4v) is 2.07. The van der Waals surface area contributed by atoms with Crippen molar-refractivity contribution in [2.45, 2.75) is 13.0 Å². The first-order chi connectivity index (χ1) is 7.42. The molecule has 0 aromatic heterocycles. The fraction of sp³-hybridized carbons (Fsp3) is 0.385. The number of hydrogen-bond donors (Lipinski definition) is 1. The largest absolute Gasteiger partial charge is 0.368 e. The van der Waals surface area contributed by atoms with Crippen molar-refractivity contribution in [1.82, 2.24) is 10.2 Å². The Morgan fingerprint density at radius 2 is 2.13 bits per heavy atom. The molecule has 0 aliphatic carbocycles. The fourth-order valence-electron chi connectivity index (χ4n) is 2.07. The average Bonchev–Trinajstić information content (AvgIpc) is 2.31.